The van der Waals surface area contributed by atoms with Crippen molar-refractivity contribution in [1.29, 1.82) is 0 Å². The molecule has 0 bridgehead atoms. The number of carbonyl (C=O) groups is 4. The molecule has 5 N–H and O–H groups in total. The van der Waals surface area contributed by atoms with Crippen LogP contribution in [-0.2, 0) is 23.9 Å². The van der Waals surface area contributed by atoms with E-state index in [4.69, 9.17) is 40.9 Å². The number of anilines is 3. The molecule has 2 aromatic rings. The number of ether oxygens (including phenoxy) is 2. The summed E-state index contributed by atoms with van der Waals surface area (Å²) in [5, 5.41) is 24.5. The van der Waals surface area contributed by atoms with Crippen molar-refractivity contribution >= 4 is 58.8 Å². The number of likely N-dealkylation sites (tertiary alicyclic amines) is 1. The Morgan fingerprint density at radius 1 is 0.931 bits per heavy atom. The van der Waals surface area contributed by atoms with Crippen LogP contribution in [0.3, 0.4) is 0 Å². The minimum absolute atomic E-state index is 0.0196. The monoisotopic (exact) mass is 851 g/mol. The van der Waals surface area contributed by atoms with Gasteiger partial charge in [-0.3, -0.25) is 14.5 Å². The van der Waals surface area contributed by atoms with Gasteiger partial charge in [0.05, 0.1) is 23.8 Å². The van der Waals surface area contributed by atoms with Gasteiger partial charge < -0.3 is 40.5 Å². The number of alkyl halides is 6. The number of nitrogens with zero attached hydrogens (tertiary/aromatic N) is 4. The predicted molar refractivity (Wildman–Crippen MR) is 198 cm³/mol. The topological polar surface area (TPSA) is 196 Å². The molecule has 1 aliphatic carbocycles. The highest BCUT2D eigenvalue weighted by Gasteiger charge is 2.39. The summed E-state index contributed by atoms with van der Waals surface area (Å²) >= 11 is 6.67. The fourth-order valence-electron chi connectivity index (χ4n) is 6.40. The highest BCUT2D eigenvalue weighted by molar-refractivity contribution is 6.32. The number of amides is 2. The zero-order chi connectivity index (χ0) is 42.5. The first-order chi connectivity index (χ1) is 27.4. The molecule has 1 saturated carbocycles. The van der Waals surface area contributed by atoms with Gasteiger partial charge in [0.2, 0.25) is 11.8 Å². The Bertz CT molecular complexity index is 1740. The number of benzene rings is 1. The molecule has 1 aromatic heterocycles. The van der Waals surface area contributed by atoms with E-state index in [1.54, 1.807) is 0 Å². The molecule has 2 amide bonds. The van der Waals surface area contributed by atoms with Crippen molar-refractivity contribution in [1.82, 2.24) is 25.1 Å². The number of piperidine rings is 1. The Balaban J connectivity index is 0.000000456. The number of hydrogen-bond donors (Lipinski definition) is 5. The lowest BCUT2D eigenvalue weighted by Gasteiger charge is -2.33. The number of halogens is 7. The summed E-state index contributed by atoms with van der Waals surface area (Å²) in [5.74, 6) is -3.20. The number of nitrogens with one attached hydrogen (secondary N) is 3. The molecule has 3 fully saturated rings. The van der Waals surface area contributed by atoms with Crippen LogP contribution in [0.4, 0.5) is 43.7 Å². The van der Waals surface area contributed by atoms with E-state index < -0.39 is 24.3 Å². The molecule has 2 saturated heterocycles. The minimum atomic E-state index is -5.08. The quantitative estimate of drug-likeness (QED) is 0.203. The van der Waals surface area contributed by atoms with Gasteiger partial charge in [-0.2, -0.15) is 26.3 Å². The number of fused-ring (bicyclic) bond motifs is 1. The van der Waals surface area contributed by atoms with E-state index >= 15 is 0 Å². The summed E-state index contributed by atoms with van der Waals surface area (Å²) in [6.45, 7) is 6.68. The molecule has 0 unspecified atom stereocenters. The first-order valence-electron chi connectivity index (χ1n) is 18.4. The van der Waals surface area contributed by atoms with Crippen LogP contribution in [0.1, 0.15) is 50.5 Å². The Kier molecular flexibility index (Phi) is 16.8. The van der Waals surface area contributed by atoms with Gasteiger partial charge in [-0.05, 0) is 43.5 Å². The smallest absolute Gasteiger partial charge is 0.489 e. The molecule has 15 nitrogen and oxygen atoms in total. The Morgan fingerprint density at radius 3 is 2.14 bits per heavy atom. The fourth-order valence-corrected chi connectivity index (χ4v) is 6.62. The molecule has 22 heteroatoms. The molecule has 4 aliphatic rings. The number of rotatable bonds is 9. The van der Waals surface area contributed by atoms with Crippen molar-refractivity contribution in [3.63, 3.8) is 0 Å². The van der Waals surface area contributed by atoms with E-state index in [1.165, 1.54) is 19.2 Å². The third kappa shape index (κ3) is 14.2. The molecule has 320 valence electrons. The van der Waals surface area contributed by atoms with Gasteiger partial charge in [-0.1, -0.05) is 24.4 Å². The maximum absolute atomic E-state index is 13.1. The summed E-state index contributed by atoms with van der Waals surface area (Å²) in [4.78, 5) is 56.8. The van der Waals surface area contributed by atoms with E-state index in [0.29, 0.717) is 53.4 Å². The van der Waals surface area contributed by atoms with Crippen molar-refractivity contribution in [2.75, 3.05) is 69.7 Å². The molecular formula is C36H44ClF6N7O8. The summed E-state index contributed by atoms with van der Waals surface area (Å²) in [7, 11) is 0. The van der Waals surface area contributed by atoms with Crippen LogP contribution in [0.2, 0.25) is 5.02 Å². The number of morpholine rings is 1. The van der Waals surface area contributed by atoms with Gasteiger partial charge >= 0.3 is 24.3 Å². The third-order valence-electron chi connectivity index (χ3n) is 9.43. The predicted octanol–water partition coefficient (Wildman–Crippen LogP) is 5.35. The van der Waals surface area contributed by atoms with Crippen molar-refractivity contribution in [3.05, 3.63) is 40.7 Å². The van der Waals surface area contributed by atoms with Gasteiger partial charge in [0, 0.05) is 75.8 Å². The van der Waals surface area contributed by atoms with Crippen LogP contribution in [0, 0.1) is 5.92 Å². The summed E-state index contributed by atoms with van der Waals surface area (Å²) in [6.07, 6.45) is -0.222. The van der Waals surface area contributed by atoms with E-state index in [0.717, 1.165) is 82.9 Å². The highest BCUT2D eigenvalue weighted by Crippen LogP contribution is 2.34. The first kappa shape index (κ1) is 45.8. The second-order valence-corrected chi connectivity index (χ2v) is 13.9. The van der Waals surface area contributed by atoms with Gasteiger partial charge in [0.15, 0.2) is 0 Å². The van der Waals surface area contributed by atoms with Crippen LogP contribution in [0.25, 0.3) is 6.08 Å². The van der Waals surface area contributed by atoms with Gasteiger partial charge in [0.25, 0.3) is 0 Å². The van der Waals surface area contributed by atoms with E-state index in [1.807, 2.05) is 29.2 Å². The van der Waals surface area contributed by atoms with Crippen molar-refractivity contribution in [2.45, 2.75) is 63.4 Å². The fraction of sp³-hybridized carbons (Fsp3) is 0.556. The maximum Gasteiger partial charge on any atom is 0.490 e. The van der Waals surface area contributed by atoms with Crippen LogP contribution in [0.5, 0.6) is 5.75 Å². The average molecular weight is 852 g/mol. The first-order valence-corrected chi connectivity index (χ1v) is 18.8. The molecule has 0 atom stereocenters. The van der Waals surface area contributed by atoms with Gasteiger partial charge in [0.1, 0.15) is 29.8 Å². The molecule has 0 spiro atoms. The molecule has 58 heavy (non-hydrogen) atoms. The minimum Gasteiger partial charge on any atom is -0.489 e. The van der Waals surface area contributed by atoms with Crippen LogP contribution < -0.4 is 20.7 Å². The lowest BCUT2D eigenvalue weighted by Crippen LogP contribution is -2.44. The Morgan fingerprint density at radius 2 is 1.55 bits per heavy atom. The number of aliphatic carboxylic acids is 2. The van der Waals surface area contributed by atoms with E-state index in [9.17, 15) is 35.9 Å². The van der Waals surface area contributed by atoms with Crippen molar-refractivity contribution in [3.8, 4) is 5.75 Å². The molecule has 4 heterocycles. The summed E-state index contributed by atoms with van der Waals surface area (Å²) < 4.78 is 75.1. The average Bonchev–Trinajstić information content (AvgIpc) is 3.63. The van der Waals surface area contributed by atoms with Gasteiger partial charge in [-0.25, -0.2) is 19.6 Å². The zero-order valence-electron chi connectivity index (χ0n) is 31.1. The SMILES string of the molecule is O=C(NCCN1CCOCC1)C1=Cc2c(ncnc2Nc2ccc(OC3CCN(C(=O)C4CCCC4)CC3)c(Cl)c2)NCC1.O=C(O)C(F)(F)F.O=C(O)C(F)(F)F. The number of hydrogen-bond acceptors (Lipinski definition) is 11. The molecule has 6 rings (SSSR count). The summed E-state index contributed by atoms with van der Waals surface area (Å²) in [5.41, 5.74) is 2.14. The van der Waals surface area contributed by atoms with Crippen LogP contribution in [0.15, 0.2) is 30.1 Å². The number of aromatic nitrogens is 2. The lowest BCUT2D eigenvalue weighted by atomic mass is 10.0. The Hall–Kier alpha value is -4.89. The zero-order valence-corrected chi connectivity index (χ0v) is 31.9. The molecule has 1 aromatic carbocycles. The molecule has 3 aliphatic heterocycles. The largest absolute Gasteiger partial charge is 0.490 e. The third-order valence-corrected chi connectivity index (χ3v) is 9.72. The number of carbonyl (C=O) groups excluding carboxylic acids is 2. The number of carboxylic acids is 2. The van der Waals surface area contributed by atoms with E-state index in [2.05, 4.69) is 30.8 Å². The van der Waals surface area contributed by atoms with Crippen molar-refractivity contribution < 1.29 is 65.2 Å². The highest BCUT2D eigenvalue weighted by atomic mass is 35.5. The standard InChI is InChI=1S/C32H42ClN7O4.2C2HF3O2/c33-27-20-24(5-6-28(27)44-25-8-12-40(13-9-25)32(42)22-3-1-2-4-22)38-30-26-19-23(7-10-34-29(26)36-21-37-30)31(41)35-11-14-39-15-17-43-18-16-39;2*3-2(4,5)1(6)7/h5-6,19-22,25H,1-4,7-18H2,(H,35,41)(H2,34,36,37,38);2*(H,6,7). The Labute approximate surface area is 334 Å². The normalized spacial score (nSPS) is 17.8. The lowest BCUT2D eigenvalue weighted by molar-refractivity contribution is -0.193. The molecular weight excluding hydrogens is 808 g/mol. The second-order valence-electron chi connectivity index (χ2n) is 13.5. The maximum atomic E-state index is 13.1. The number of carboxylic acid groups (broad SMARTS) is 2. The second kappa shape index (κ2) is 21.2. The van der Waals surface area contributed by atoms with Crippen LogP contribution in [-0.4, -0.2) is 131 Å². The molecule has 0 radical (unpaired) electrons. The van der Waals surface area contributed by atoms with Gasteiger partial charge in [-0.15, -0.1) is 0 Å². The van der Waals surface area contributed by atoms with Crippen molar-refractivity contribution in [2.24, 2.45) is 5.92 Å². The van der Waals surface area contributed by atoms with Crippen LogP contribution >= 0.6 is 11.6 Å². The summed E-state index contributed by atoms with van der Waals surface area (Å²) in [6, 6.07) is 5.58. The van der Waals surface area contributed by atoms with E-state index in [-0.39, 0.29) is 17.9 Å².